The summed E-state index contributed by atoms with van der Waals surface area (Å²) in [7, 11) is 0. The van der Waals surface area contributed by atoms with E-state index in [0.29, 0.717) is 28.6 Å². The predicted molar refractivity (Wildman–Crippen MR) is 117 cm³/mol. The van der Waals surface area contributed by atoms with Gasteiger partial charge in [0, 0.05) is 17.2 Å². The minimum absolute atomic E-state index is 0.0332. The SMILES string of the molecule is CC(C)Oc1ccc(-c2nc(-c3cccc4c3CCC4NC(C)C(=O)O)no2)cc1C#N. The third-order valence-electron chi connectivity index (χ3n) is 5.47. The maximum atomic E-state index is 11.2. The van der Waals surface area contributed by atoms with Crippen molar-refractivity contribution in [2.75, 3.05) is 0 Å². The van der Waals surface area contributed by atoms with Gasteiger partial charge in [0.25, 0.3) is 5.89 Å². The number of nitrogens with one attached hydrogen (secondary N) is 1. The molecule has 2 atom stereocenters. The first-order valence-corrected chi connectivity index (χ1v) is 10.5. The van der Waals surface area contributed by atoms with Gasteiger partial charge >= 0.3 is 5.97 Å². The summed E-state index contributed by atoms with van der Waals surface area (Å²) in [4.78, 5) is 15.8. The number of carboxylic acid groups (broad SMARTS) is 1. The van der Waals surface area contributed by atoms with Crippen molar-refractivity contribution in [3.8, 4) is 34.7 Å². The number of aliphatic carboxylic acids is 1. The lowest BCUT2D eigenvalue weighted by Gasteiger charge is -2.17. The molecule has 0 spiro atoms. The molecule has 1 aromatic heterocycles. The zero-order valence-electron chi connectivity index (χ0n) is 18.1. The number of hydrogen-bond acceptors (Lipinski definition) is 7. The van der Waals surface area contributed by atoms with Crippen molar-refractivity contribution >= 4 is 5.97 Å². The molecule has 4 rings (SSSR count). The Morgan fingerprint density at radius 3 is 2.84 bits per heavy atom. The predicted octanol–water partition coefficient (Wildman–Crippen LogP) is 4.11. The highest BCUT2D eigenvalue weighted by Crippen LogP contribution is 2.37. The Morgan fingerprint density at radius 1 is 1.31 bits per heavy atom. The Bertz CT molecular complexity index is 1190. The van der Waals surface area contributed by atoms with Crippen LogP contribution >= 0.6 is 0 Å². The molecule has 1 heterocycles. The molecule has 0 aliphatic heterocycles. The topological polar surface area (TPSA) is 121 Å². The number of nitrogens with zero attached hydrogens (tertiary/aromatic N) is 3. The second-order valence-electron chi connectivity index (χ2n) is 8.10. The molecular weight excluding hydrogens is 408 g/mol. The van der Waals surface area contributed by atoms with Gasteiger partial charge in [0.2, 0.25) is 5.82 Å². The van der Waals surface area contributed by atoms with Crippen LogP contribution in [0.5, 0.6) is 5.75 Å². The van der Waals surface area contributed by atoms with Gasteiger partial charge in [-0.1, -0.05) is 23.4 Å². The zero-order chi connectivity index (χ0) is 22.8. The fourth-order valence-corrected chi connectivity index (χ4v) is 3.97. The fraction of sp³-hybridized carbons (Fsp3) is 0.333. The highest BCUT2D eigenvalue weighted by molar-refractivity contribution is 5.73. The van der Waals surface area contributed by atoms with E-state index < -0.39 is 12.0 Å². The van der Waals surface area contributed by atoms with E-state index in [1.807, 2.05) is 32.0 Å². The summed E-state index contributed by atoms with van der Waals surface area (Å²) in [6, 6.07) is 12.5. The zero-order valence-corrected chi connectivity index (χ0v) is 18.1. The lowest BCUT2D eigenvalue weighted by molar-refractivity contribution is -0.139. The summed E-state index contributed by atoms with van der Waals surface area (Å²) in [6.07, 6.45) is 1.55. The largest absolute Gasteiger partial charge is 0.490 e. The smallest absolute Gasteiger partial charge is 0.320 e. The van der Waals surface area contributed by atoms with Gasteiger partial charge in [-0.05, 0) is 62.9 Å². The van der Waals surface area contributed by atoms with Crippen molar-refractivity contribution in [2.24, 2.45) is 0 Å². The number of ether oxygens (including phenoxy) is 1. The molecule has 2 unspecified atom stereocenters. The summed E-state index contributed by atoms with van der Waals surface area (Å²) < 4.78 is 11.2. The van der Waals surface area contributed by atoms with Crippen LogP contribution in [0.25, 0.3) is 22.8 Å². The molecule has 0 fully saturated rings. The second kappa shape index (κ2) is 8.81. The van der Waals surface area contributed by atoms with Crippen LogP contribution in [-0.2, 0) is 11.2 Å². The standard InChI is InChI=1S/C24H24N4O4/c1-13(2)31-21-10-7-15(11-16(21)12-25)23-27-22(28-32-23)19-6-4-5-18-17(19)8-9-20(18)26-14(3)24(29)30/h4-7,10-11,13-14,20,26H,8-9H2,1-3H3,(H,29,30). The molecule has 0 saturated heterocycles. The van der Waals surface area contributed by atoms with Crippen molar-refractivity contribution in [3.63, 3.8) is 0 Å². The van der Waals surface area contributed by atoms with Gasteiger partial charge in [-0.2, -0.15) is 10.2 Å². The molecule has 8 nitrogen and oxygen atoms in total. The van der Waals surface area contributed by atoms with Crippen LogP contribution in [0.2, 0.25) is 0 Å². The van der Waals surface area contributed by atoms with E-state index >= 15 is 0 Å². The van der Waals surface area contributed by atoms with E-state index in [9.17, 15) is 15.2 Å². The third kappa shape index (κ3) is 4.20. The van der Waals surface area contributed by atoms with Crippen molar-refractivity contribution < 1.29 is 19.2 Å². The normalized spacial score (nSPS) is 15.9. The first-order chi connectivity index (χ1) is 15.4. The van der Waals surface area contributed by atoms with Gasteiger partial charge in [0.05, 0.1) is 11.7 Å². The van der Waals surface area contributed by atoms with Gasteiger partial charge in [0.15, 0.2) is 0 Å². The number of fused-ring (bicyclic) bond motifs is 1. The lowest BCUT2D eigenvalue weighted by atomic mass is 10.0. The molecule has 3 aromatic rings. The quantitative estimate of drug-likeness (QED) is 0.572. The summed E-state index contributed by atoms with van der Waals surface area (Å²) in [6.45, 7) is 5.45. The van der Waals surface area contributed by atoms with E-state index in [4.69, 9.17) is 9.26 Å². The van der Waals surface area contributed by atoms with Crippen LogP contribution in [-0.4, -0.2) is 33.4 Å². The molecule has 1 aliphatic rings. The van der Waals surface area contributed by atoms with Gasteiger partial charge in [-0.3, -0.25) is 10.1 Å². The highest BCUT2D eigenvalue weighted by Gasteiger charge is 2.28. The first-order valence-electron chi connectivity index (χ1n) is 10.5. The average molecular weight is 432 g/mol. The number of carbonyl (C=O) groups is 1. The molecule has 8 heteroatoms. The summed E-state index contributed by atoms with van der Waals surface area (Å²) in [5.74, 6) is 0.419. The molecule has 1 aliphatic carbocycles. The third-order valence-corrected chi connectivity index (χ3v) is 5.47. The fourth-order valence-electron chi connectivity index (χ4n) is 3.97. The highest BCUT2D eigenvalue weighted by atomic mass is 16.5. The maximum Gasteiger partial charge on any atom is 0.320 e. The first kappa shape index (κ1) is 21.5. The van der Waals surface area contributed by atoms with Crippen LogP contribution in [0.1, 0.15) is 49.9 Å². The molecule has 2 aromatic carbocycles. The molecule has 2 N–H and O–H groups in total. The van der Waals surface area contributed by atoms with Crippen molar-refractivity contribution in [1.29, 1.82) is 5.26 Å². The van der Waals surface area contributed by atoms with Gasteiger partial charge < -0.3 is 14.4 Å². The Balaban J connectivity index is 1.62. The second-order valence-corrected chi connectivity index (χ2v) is 8.10. The van der Waals surface area contributed by atoms with E-state index in [1.165, 1.54) is 0 Å². The van der Waals surface area contributed by atoms with Crippen molar-refractivity contribution in [2.45, 2.75) is 51.8 Å². The number of nitriles is 1. The molecule has 32 heavy (non-hydrogen) atoms. The number of aromatic nitrogens is 2. The summed E-state index contributed by atoms with van der Waals surface area (Å²) in [5, 5.41) is 26.0. The Morgan fingerprint density at radius 2 is 2.12 bits per heavy atom. The van der Waals surface area contributed by atoms with E-state index in [1.54, 1.807) is 25.1 Å². The number of rotatable bonds is 7. The van der Waals surface area contributed by atoms with E-state index in [0.717, 1.165) is 29.5 Å². The molecule has 0 radical (unpaired) electrons. The van der Waals surface area contributed by atoms with Gasteiger partial charge in [-0.25, -0.2) is 0 Å². The van der Waals surface area contributed by atoms with Crippen LogP contribution in [0.4, 0.5) is 0 Å². The Hall–Kier alpha value is -3.70. The summed E-state index contributed by atoms with van der Waals surface area (Å²) >= 11 is 0. The Labute approximate surface area is 185 Å². The molecule has 164 valence electrons. The number of carboxylic acids is 1. The van der Waals surface area contributed by atoms with Crippen LogP contribution in [0, 0.1) is 11.3 Å². The van der Waals surface area contributed by atoms with Crippen LogP contribution in [0.15, 0.2) is 40.9 Å². The number of benzene rings is 2. The minimum atomic E-state index is -0.876. The number of hydrogen-bond donors (Lipinski definition) is 2. The maximum absolute atomic E-state index is 11.2. The van der Waals surface area contributed by atoms with E-state index in [2.05, 4.69) is 21.5 Å². The monoisotopic (exact) mass is 432 g/mol. The molecule has 0 bridgehead atoms. The molecule has 0 saturated carbocycles. The minimum Gasteiger partial charge on any atom is -0.490 e. The lowest BCUT2D eigenvalue weighted by Crippen LogP contribution is -2.35. The Kier molecular flexibility index (Phi) is 5.93. The van der Waals surface area contributed by atoms with Gasteiger partial charge in [-0.15, -0.1) is 0 Å². The average Bonchev–Trinajstić information content (AvgIpc) is 3.41. The van der Waals surface area contributed by atoms with Crippen LogP contribution in [0.3, 0.4) is 0 Å². The van der Waals surface area contributed by atoms with Crippen LogP contribution < -0.4 is 10.1 Å². The van der Waals surface area contributed by atoms with Crippen molar-refractivity contribution in [3.05, 3.63) is 53.1 Å². The van der Waals surface area contributed by atoms with Crippen molar-refractivity contribution in [1.82, 2.24) is 15.5 Å². The van der Waals surface area contributed by atoms with E-state index in [-0.39, 0.29) is 12.1 Å². The molecule has 0 amide bonds. The summed E-state index contributed by atoms with van der Waals surface area (Å²) in [5.41, 5.74) is 4.05. The molecular formula is C24H24N4O4. The van der Waals surface area contributed by atoms with Gasteiger partial charge in [0.1, 0.15) is 17.9 Å².